The number of nitrogens with zero attached hydrogens (tertiary/aromatic N) is 2. The SMILES string of the molecule is CCCNc1cc(C(=O)NCC2CCN(C(=O)OCc3ccc(C)cc3)CC2)ccn1. The normalized spacial score (nSPS) is 14.2. The predicted molar refractivity (Wildman–Crippen MR) is 121 cm³/mol. The van der Waals surface area contributed by atoms with Crippen LogP contribution in [0, 0.1) is 12.8 Å². The maximum absolute atomic E-state index is 12.5. The zero-order valence-corrected chi connectivity index (χ0v) is 18.4. The molecule has 1 aromatic carbocycles. The van der Waals surface area contributed by atoms with Crippen LogP contribution in [0.15, 0.2) is 42.6 Å². The molecule has 0 radical (unpaired) electrons. The Bertz CT molecular complexity index is 861. The monoisotopic (exact) mass is 424 g/mol. The molecule has 0 bridgehead atoms. The predicted octanol–water partition coefficient (Wildman–Crippen LogP) is 3.99. The highest BCUT2D eigenvalue weighted by Crippen LogP contribution is 2.18. The van der Waals surface area contributed by atoms with Crippen LogP contribution in [0.4, 0.5) is 10.6 Å². The van der Waals surface area contributed by atoms with E-state index in [2.05, 4.69) is 22.5 Å². The fourth-order valence-electron chi connectivity index (χ4n) is 3.50. The van der Waals surface area contributed by atoms with Gasteiger partial charge >= 0.3 is 6.09 Å². The van der Waals surface area contributed by atoms with Gasteiger partial charge in [-0.3, -0.25) is 4.79 Å². The molecule has 2 N–H and O–H groups in total. The molecule has 2 amide bonds. The highest BCUT2D eigenvalue weighted by Gasteiger charge is 2.24. The van der Waals surface area contributed by atoms with Crippen LogP contribution in [-0.4, -0.2) is 48.1 Å². The van der Waals surface area contributed by atoms with Gasteiger partial charge in [0.2, 0.25) is 0 Å². The Kier molecular flexibility index (Phi) is 8.27. The van der Waals surface area contributed by atoms with E-state index < -0.39 is 0 Å². The van der Waals surface area contributed by atoms with Crippen LogP contribution >= 0.6 is 0 Å². The number of hydrogen-bond donors (Lipinski definition) is 2. The smallest absolute Gasteiger partial charge is 0.410 e. The van der Waals surface area contributed by atoms with Gasteiger partial charge < -0.3 is 20.3 Å². The number of piperidine rings is 1. The largest absolute Gasteiger partial charge is 0.445 e. The number of carbonyl (C=O) groups is 2. The van der Waals surface area contributed by atoms with Crippen molar-refractivity contribution in [2.75, 3.05) is 31.5 Å². The number of rotatable bonds is 8. The van der Waals surface area contributed by atoms with Crippen molar-refractivity contribution in [1.29, 1.82) is 0 Å². The first kappa shape index (κ1) is 22.6. The van der Waals surface area contributed by atoms with Gasteiger partial charge in [0.15, 0.2) is 0 Å². The fourth-order valence-corrected chi connectivity index (χ4v) is 3.50. The molecule has 0 spiro atoms. The Labute approximate surface area is 184 Å². The summed E-state index contributed by atoms with van der Waals surface area (Å²) in [6.45, 7) is 7.12. The summed E-state index contributed by atoms with van der Waals surface area (Å²) in [5.74, 6) is 0.971. The molecule has 1 aliphatic heterocycles. The summed E-state index contributed by atoms with van der Waals surface area (Å²) in [6, 6.07) is 11.5. The van der Waals surface area contributed by atoms with E-state index in [0.717, 1.165) is 31.4 Å². The molecule has 166 valence electrons. The molecule has 1 aromatic heterocycles. The van der Waals surface area contributed by atoms with E-state index in [0.29, 0.717) is 36.9 Å². The summed E-state index contributed by atoms with van der Waals surface area (Å²) < 4.78 is 5.44. The van der Waals surface area contributed by atoms with Crippen LogP contribution < -0.4 is 10.6 Å². The number of pyridine rings is 1. The topological polar surface area (TPSA) is 83.6 Å². The lowest BCUT2D eigenvalue weighted by Gasteiger charge is -2.31. The number of aromatic nitrogens is 1. The van der Waals surface area contributed by atoms with Crippen molar-refractivity contribution in [3.8, 4) is 0 Å². The number of nitrogens with one attached hydrogen (secondary N) is 2. The summed E-state index contributed by atoms with van der Waals surface area (Å²) in [6.07, 6.45) is 4.07. The first-order chi connectivity index (χ1) is 15.0. The Morgan fingerprint density at radius 1 is 1.16 bits per heavy atom. The van der Waals surface area contributed by atoms with Crippen molar-refractivity contribution in [2.45, 2.75) is 39.7 Å². The minimum Gasteiger partial charge on any atom is -0.445 e. The molecule has 0 atom stereocenters. The van der Waals surface area contributed by atoms with E-state index in [9.17, 15) is 9.59 Å². The van der Waals surface area contributed by atoms with Gasteiger partial charge in [-0.05, 0) is 49.8 Å². The lowest BCUT2D eigenvalue weighted by Crippen LogP contribution is -2.41. The minimum absolute atomic E-state index is 0.0955. The molecule has 0 unspecified atom stereocenters. The van der Waals surface area contributed by atoms with Gasteiger partial charge in [0.05, 0.1) is 0 Å². The number of likely N-dealkylation sites (tertiary alicyclic amines) is 1. The minimum atomic E-state index is -0.271. The maximum atomic E-state index is 12.5. The number of ether oxygens (including phenoxy) is 1. The third kappa shape index (κ3) is 6.98. The molecule has 2 aromatic rings. The van der Waals surface area contributed by atoms with Crippen LogP contribution in [0.2, 0.25) is 0 Å². The number of aryl methyl sites for hydroxylation is 1. The zero-order valence-electron chi connectivity index (χ0n) is 18.4. The van der Waals surface area contributed by atoms with E-state index in [1.54, 1.807) is 23.2 Å². The second-order valence-corrected chi connectivity index (χ2v) is 8.04. The summed E-state index contributed by atoms with van der Waals surface area (Å²) in [5.41, 5.74) is 2.77. The highest BCUT2D eigenvalue weighted by atomic mass is 16.6. The van der Waals surface area contributed by atoms with Crippen LogP contribution in [0.5, 0.6) is 0 Å². The average molecular weight is 425 g/mol. The summed E-state index contributed by atoms with van der Waals surface area (Å²) in [7, 11) is 0. The van der Waals surface area contributed by atoms with Gasteiger partial charge in [0.1, 0.15) is 12.4 Å². The summed E-state index contributed by atoms with van der Waals surface area (Å²) in [4.78, 5) is 30.8. The van der Waals surface area contributed by atoms with Gasteiger partial charge in [-0.15, -0.1) is 0 Å². The van der Waals surface area contributed by atoms with Crippen molar-refractivity contribution in [2.24, 2.45) is 5.92 Å². The van der Waals surface area contributed by atoms with Crippen molar-refractivity contribution in [3.05, 3.63) is 59.3 Å². The van der Waals surface area contributed by atoms with Gasteiger partial charge in [0, 0.05) is 37.9 Å². The Balaban J connectivity index is 1.38. The highest BCUT2D eigenvalue weighted by molar-refractivity contribution is 5.94. The Morgan fingerprint density at radius 2 is 1.90 bits per heavy atom. The molecule has 3 rings (SSSR count). The van der Waals surface area contributed by atoms with Crippen LogP contribution in [0.1, 0.15) is 47.7 Å². The average Bonchev–Trinajstić information content (AvgIpc) is 2.81. The van der Waals surface area contributed by atoms with E-state index in [-0.39, 0.29) is 18.6 Å². The molecule has 1 aliphatic rings. The number of carbonyl (C=O) groups excluding carboxylic acids is 2. The van der Waals surface area contributed by atoms with Crippen LogP contribution in [0.25, 0.3) is 0 Å². The molecule has 31 heavy (non-hydrogen) atoms. The van der Waals surface area contributed by atoms with Crippen molar-refractivity contribution >= 4 is 17.8 Å². The molecule has 0 saturated carbocycles. The molecule has 7 nitrogen and oxygen atoms in total. The van der Waals surface area contributed by atoms with Crippen molar-refractivity contribution in [1.82, 2.24) is 15.2 Å². The Morgan fingerprint density at radius 3 is 2.61 bits per heavy atom. The number of benzene rings is 1. The van der Waals surface area contributed by atoms with E-state index in [1.165, 1.54) is 5.56 Å². The van der Waals surface area contributed by atoms with Crippen molar-refractivity contribution < 1.29 is 14.3 Å². The molecule has 1 saturated heterocycles. The zero-order chi connectivity index (χ0) is 22.1. The number of anilines is 1. The van der Waals surface area contributed by atoms with E-state index in [4.69, 9.17) is 4.74 Å². The quantitative estimate of drug-likeness (QED) is 0.669. The first-order valence-corrected chi connectivity index (χ1v) is 11.0. The fraction of sp³-hybridized carbons (Fsp3) is 0.458. The lowest BCUT2D eigenvalue weighted by atomic mass is 9.97. The third-order valence-corrected chi connectivity index (χ3v) is 5.49. The van der Waals surface area contributed by atoms with Gasteiger partial charge in [0.25, 0.3) is 5.91 Å². The summed E-state index contributed by atoms with van der Waals surface area (Å²) in [5, 5.41) is 6.21. The second-order valence-electron chi connectivity index (χ2n) is 8.04. The Hall–Kier alpha value is -3.09. The summed E-state index contributed by atoms with van der Waals surface area (Å²) >= 11 is 0. The molecule has 0 aliphatic carbocycles. The van der Waals surface area contributed by atoms with Crippen molar-refractivity contribution in [3.63, 3.8) is 0 Å². The third-order valence-electron chi connectivity index (χ3n) is 5.49. The van der Waals surface area contributed by atoms with Gasteiger partial charge in [-0.25, -0.2) is 9.78 Å². The molecule has 2 heterocycles. The molecular weight excluding hydrogens is 392 g/mol. The van der Waals surface area contributed by atoms with Gasteiger partial charge in [-0.1, -0.05) is 36.8 Å². The first-order valence-electron chi connectivity index (χ1n) is 11.0. The van der Waals surface area contributed by atoms with E-state index >= 15 is 0 Å². The van der Waals surface area contributed by atoms with Gasteiger partial charge in [-0.2, -0.15) is 0 Å². The second kappa shape index (κ2) is 11.3. The van der Waals surface area contributed by atoms with Crippen LogP contribution in [0.3, 0.4) is 0 Å². The standard InChI is InChI=1S/C24H32N4O3/c1-3-11-25-22-15-21(8-12-26-22)23(29)27-16-19-9-13-28(14-10-19)24(30)31-17-20-6-4-18(2)5-7-20/h4-8,12,15,19H,3,9-11,13-14,16-17H2,1-2H3,(H,25,26)(H,27,29). The molecule has 7 heteroatoms. The molecule has 1 fully saturated rings. The maximum Gasteiger partial charge on any atom is 0.410 e. The van der Waals surface area contributed by atoms with Crippen LogP contribution in [-0.2, 0) is 11.3 Å². The number of amides is 2. The number of hydrogen-bond acceptors (Lipinski definition) is 5. The van der Waals surface area contributed by atoms with E-state index in [1.807, 2.05) is 31.2 Å². The lowest BCUT2D eigenvalue weighted by molar-refractivity contribution is 0.0801. The molecular formula is C24H32N4O3.